The molecule has 158 valence electrons. The normalized spacial score (nSPS) is 10.9. The zero-order chi connectivity index (χ0) is 22.3. The number of ether oxygens (including phenoxy) is 1. The first-order chi connectivity index (χ1) is 15.6. The molecule has 5 heteroatoms. The van der Waals surface area contributed by atoms with E-state index in [9.17, 15) is 9.59 Å². The standard InChI is InChI=1S/C27H22N2O3/c1-19-11-13-22(14-12-19)27(31)32-25-16-15-21-9-5-6-10-23(21)24(25)18-28-29-26(30)17-20-7-3-2-4-8-20/h2-16,18H,17H2,1H3,(H,29,30)/b28-18+. The number of hydrogen-bond acceptors (Lipinski definition) is 4. The quantitative estimate of drug-likeness (QED) is 0.204. The number of carbonyl (C=O) groups excluding carboxylic acids is 2. The molecule has 1 amide bonds. The molecule has 32 heavy (non-hydrogen) atoms. The predicted octanol–water partition coefficient (Wildman–Crippen LogP) is 5.06. The number of carbonyl (C=O) groups is 2. The summed E-state index contributed by atoms with van der Waals surface area (Å²) >= 11 is 0. The summed E-state index contributed by atoms with van der Waals surface area (Å²) in [5.41, 5.74) is 5.59. The molecular formula is C27H22N2O3. The minimum absolute atomic E-state index is 0.225. The van der Waals surface area contributed by atoms with Gasteiger partial charge in [0.15, 0.2) is 0 Å². The fourth-order valence-electron chi connectivity index (χ4n) is 3.34. The van der Waals surface area contributed by atoms with Crippen molar-refractivity contribution in [3.05, 3.63) is 113 Å². The van der Waals surface area contributed by atoms with Crippen molar-refractivity contribution in [3.8, 4) is 5.75 Å². The zero-order valence-corrected chi connectivity index (χ0v) is 17.6. The number of fused-ring (bicyclic) bond motifs is 1. The number of nitrogens with one attached hydrogen (secondary N) is 1. The van der Waals surface area contributed by atoms with Crippen LogP contribution in [0.2, 0.25) is 0 Å². The Bertz CT molecular complexity index is 1280. The lowest BCUT2D eigenvalue weighted by molar-refractivity contribution is -0.120. The average Bonchev–Trinajstić information content (AvgIpc) is 2.81. The maximum atomic E-state index is 12.7. The highest BCUT2D eigenvalue weighted by atomic mass is 16.5. The van der Waals surface area contributed by atoms with Crippen molar-refractivity contribution in [2.75, 3.05) is 0 Å². The van der Waals surface area contributed by atoms with Gasteiger partial charge < -0.3 is 4.74 Å². The van der Waals surface area contributed by atoms with Crippen LogP contribution in [-0.4, -0.2) is 18.1 Å². The van der Waals surface area contributed by atoms with E-state index in [2.05, 4.69) is 10.5 Å². The van der Waals surface area contributed by atoms with Gasteiger partial charge in [-0.1, -0.05) is 78.4 Å². The highest BCUT2D eigenvalue weighted by molar-refractivity contribution is 6.04. The van der Waals surface area contributed by atoms with Crippen LogP contribution in [0.15, 0.2) is 96.1 Å². The number of amides is 1. The summed E-state index contributed by atoms with van der Waals surface area (Å²) < 4.78 is 5.69. The van der Waals surface area contributed by atoms with Gasteiger partial charge in [0.25, 0.3) is 0 Å². The van der Waals surface area contributed by atoms with E-state index in [1.54, 1.807) is 18.2 Å². The van der Waals surface area contributed by atoms with Crippen molar-refractivity contribution in [1.29, 1.82) is 0 Å². The largest absolute Gasteiger partial charge is 0.422 e. The van der Waals surface area contributed by atoms with Crippen molar-refractivity contribution in [2.45, 2.75) is 13.3 Å². The fraction of sp³-hybridized carbons (Fsp3) is 0.0741. The second kappa shape index (κ2) is 9.71. The molecule has 0 saturated carbocycles. The summed E-state index contributed by atoms with van der Waals surface area (Å²) in [6.45, 7) is 1.96. The Hall–Kier alpha value is -4.25. The minimum Gasteiger partial charge on any atom is -0.422 e. The second-order valence-electron chi connectivity index (χ2n) is 7.41. The van der Waals surface area contributed by atoms with Crippen LogP contribution in [0, 0.1) is 6.92 Å². The summed E-state index contributed by atoms with van der Waals surface area (Å²) in [6.07, 6.45) is 1.74. The molecule has 0 atom stereocenters. The van der Waals surface area contributed by atoms with E-state index in [1.165, 1.54) is 6.21 Å². The Labute approximate surface area is 186 Å². The van der Waals surface area contributed by atoms with Crippen LogP contribution < -0.4 is 10.2 Å². The molecule has 0 bridgehead atoms. The van der Waals surface area contributed by atoms with Crippen LogP contribution in [0.5, 0.6) is 5.75 Å². The van der Waals surface area contributed by atoms with Gasteiger partial charge in [0.1, 0.15) is 5.75 Å². The van der Waals surface area contributed by atoms with Gasteiger partial charge in [-0.2, -0.15) is 5.10 Å². The number of esters is 1. The van der Waals surface area contributed by atoms with Gasteiger partial charge in [0.2, 0.25) is 5.91 Å². The molecule has 0 aliphatic rings. The van der Waals surface area contributed by atoms with E-state index < -0.39 is 5.97 Å². The minimum atomic E-state index is -0.456. The van der Waals surface area contributed by atoms with E-state index in [1.807, 2.05) is 79.7 Å². The van der Waals surface area contributed by atoms with Gasteiger partial charge in [-0.25, -0.2) is 10.2 Å². The first-order valence-corrected chi connectivity index (χ1v) is 10.3. The van der Waals surface area contributed by atoms with Crippen molar-refractivity contribution in [3.63, 3.8) is 0 Å². The molecule has 0 aromatic heterocycles. The fourth-order valence-corrected chi connectivity index (χ4v) is 3.34. The van der Waals surface area contributed by atoms with Crippen LogP contribution >= 0.6 is 0 Å². The van der Waals surface area contributed by atoms with Gasteiger partial charge in [0, 0.05) is 5.56 Å². The molecule has 4 aromatic carbocycles. The molecule has 0 fully saturated rings. The van der Waals surface area contributed by atoms with Crippen molar-refractivity contribution < 1.29 is 14.3 Å². The molecule has 5 nitrogen and oxygen atoms in total. The zero-order valence-electron chi connectivity index (χ0n) is 17.6. The molecule has 0 spiro atoms. The third-order valence-electron chi connectivity index (χ3n) is 5.01. The Balaban J connectivity index is 1.57. The summed E-state index contributed by atoms with van der Waals surface area (Å²) in [6, 6.07) is 28.0. The first-order valence-electron chi connectivity index (χ1n) is 10.3. The Morgan fingerprint density at radius 3 is 2.38 bits per heavy atom. The molecule has 0 aliphatic carbocycles. The molecule has 0 radical (unpaired) electrons. The Morgan fingerprint density at radius 1 is 0.875 bits per heavy atom. The average molecular weight is 422 g/mol. The summed E-state index contributed by atoms with van der Waals surface area (Å²) in [5, 5.41) is 5.96. The molecule has 4 aromatic rings. The van der Waals surface area contributed by atoms with Gasteiger partial charge >= 0.3 is 5.97 Å². The van der Waals surface area contributed by atoms with Gasteiger partial charge in [-0.15, -0.1) is 0 Å². The summed E-state index contributed by atoms with van der Waals surface area (Å²) in [5.74, 6) is -0.315. The van der Waals surface area contributed by atoms with E-state index in [0.717, 1.165) is 21.9 Å². The SMILES string of the molecule is Cc1ccc(C(=O)Oc2ccc3ccccc3c2/C=N/NC(=O)Cc2ccccc2)cc1. The predicted molar refractivity (Wildman–Crippen MR) is 126 cm³/mol. The van der Waals surface area contributed by atoms with Crippen LogP contribution in [0.25, 0.3) is 10.8 Å². The lowest BCUT2D eigenvalue weighted by Crippen LogP contribution is -2.19. The Kier molecular flexibility index (Phi) is 6.37. The van der Waals surface area contributed by atoms with Gasteiger partial charge in [-0.05, 0) is 41.5 Å². The van der Waals surface area contributed by atoms with E-state index >= 15 is 0 Å². The van der Waals surface area contributed by atoms with Gasteiger partial charge in [0.05, 0.1) is 18.2 Å². The molecule has 1 N–H and O–H groups in total. The number of nitrogens with zero attached hydrogens (tertiary/aromatic N) is 1. The number of aryl methyl sites for hydroxylation is 1. The van der Waals surface area contributed by atoms with E-state index in [-0.39, 0.29) is 12.3 Å². The van der Waals surface area contributed by atoms with E-state index in [0.29, 0.717) is 16.9 Å². The number of hydrogen-bond donors (Lipinski definition) is 1. The topological polar surface area (TPSA) is 67.8 Å². The third kappa shape index (κ3) is 5.08. The van der Waals surface area contributed by atoms with Crippen LogP contribution in [0.1, 0.15) is 27.0 Å². The monoisotopic (exact) mass is 422 g/mol. The number of hydrazone groups is 1. The summed E-state index contributed by atoms with van der Waals surface area (Å²) in [7, 11) is 0. The molecule has 0 saturated heterocycles. The van der Waals surface area contributed by atoms with Crippen LogP contribution in [0.4, 0.5) is 0 Å². The van der Waals surface area contributed by atoms with E-state index in [4.69, 9.17) is 4.74 Å². The molecule has 0 aliphatic heterocycles. The second-order valence-corrected chi connectivity index (χ2v) is 7.41. The Morgan fingerprint density at radius 2 is 1.59 bits per heavy atom. The lowest BCUT2D eigenvalue weighted by Gasteiger charge is -2.11. The highest BCUT2D eigenvalue weighted by Gasteiger charge is 2.13. The van der Waals surface area contributed by atoms with Crippen molar-refractivity contribution in [2.24, 2.45) is 5.10 Å². The van der Waals surface area contributed by atoms with Crippen LogP contribution in [-0.2, 0) is 11.2 Å². The van der Waals surface area contributed by atoms with Crippen molar-refractivity contribution in [1.82, 2.24) is 5.43 Å². The number of benzene rings is 4. The third-order valence-corrected chi connectivity index (χ3v) is 5.01. The molecule has 0 unspecified atom stereocenters. The smallest absolute Gasteiger partial charge is 0.343 e. The molecular weight excluding hydrogens is 400 g/mol. The highest BCUT2D eigenvalue weighted by Crippen LogP contribution is 2.27. The summed E-state index contributed by atoms with van der Waals surface area (Å²) in [4.78, 5) is 24.9. The molecule has 4 rings (SSSR count). The van der Waals surface area contributed by atoms with Gasteiger partial charge in [-0.3, -0.25) is 4.79 Å². The van der Waals surface area contributed by atoms with Crippen LogP contribution in [0.3, 0.4) is 0 Å². The maximum absolute atomic E-state index is 12.7. The van der Waals surface area contributed by atoms with Crippen molar-refractivity contribution >= 4 is 28.9 Å². The maximum Gasteiger partial charge on any atom is 0.343 e. The lowest BCUT2D eigenvalue weighted by atomic mass is 10.0. The first kappa shape index (κ1) is 21.0. The number of rotatable bonds is 6. The molecule has 0 heterocycles.